The van der Waals surface area contributed by atoms with E-state index in [4.69, 9.17) is 15.2 Å². The Bertz CT molecular complexity index is 412. The van der Waals surface area contributed by atoms with Crippen LogP contribution in [0.25, 0.3) is 0 Å². The molecule has 5 heteroatoms. The summed E-state index contributed by atoms with van der Waals surface area (Å²) < 4.78 is 11.4. The maximum atomic E-state index is 5.94. The SMILES string of the molecule is CCOc1cc(C)nc(OC2CCCCC2CN)n1. The van der Waals surface area contributed by atoms with Gasteiger partial charge in [-0.3, -0.25) is 0 Å². The quantitative estimate of drug-likeness (QED) is 0.882. The number of hydrogen-bond donors (Lipinski definition) is 1. The molecular formula is C14H23N3O2. The summed E-state index contributed by atoms with van der Waals surface area (Å²) in [6.45, 7) is 5.10. The Morgan fingerprint density at radius 3 is 2.84 bits per heavy atom. The monoisotopic (exact) mass is 265 g/mol. The van der Waals surface area contributed by atoms with Crippen LogP contribution in [0.15, 0.2) is 6.07 Å². The van der Waals surface area contributed by atoms with Crippen molar-refractivity contribution in [2.75, 3.05) is 13.2 Å². The van der Waals surface area contributed by atoms with Gasteiger partial charge >= 0.3 is 6.01 Å². The number of nitrogens with zero attached hydrogens (tertiary/aromatic N) is 2. The summed E-state index contributed by atoms with van der Waals surface area (Å²) >= 11 is 0. The van der Waals surface area contributed by atoms with E-state index in [0.717, 1.165) is 18.5 Å². The molecule has 19 heavy (non-hydrogen) atoms. The van der Waals surface area contributed by atoms with E-state index in [1.54, 1.807) is 0 Å². The highest BCUT2D eigenvalue weighted by Gasteiger charge is 2.26. The lowest BCUT2D eigenvalue weighted by atomic mass is 9.86. The molecule has 0 aromatic carbocycles. The predicted molar refractivity (Wildman–Crippen MR) is 73.4 cm³/mol. The van der Waals surface area contributed by atoms with E-state index in [-0.39, 0.29) is 6.10 Å². The third kappa shape index (κ3) is 3.80. The summed E-state index contributed by atoms with van der Waals surface area (Å²) in [4.78, 5) is 8.61. The predicted octanol–water partition coefficient (Wildman–Crippen LogP) is 2.08. The fourth-order valence-corrected chi connectivity index (χ4v) is 2.52. The summed E-state index contributed by atoms with van der Waals surface area (Å²) in [7, 11) is 0. The van der Waals surface area contributed by atoms with Crippen molar-refractivity contribution in [1.29, 1.82) is 0 Å². The molecule has 1 saturated carbocycles. The van der Waals surface area contributed by atoms with Crippen LogP contribution in [0.3, 0.4) is 0 Å². The molecule has 2 atom stereocenters. The van der Waals surface area contributed by atoms with Crippen molar-refractivity contribution in [2.45, 2.75) is 45.6 Å². The van der Waals surface area contributed by atoms with Gasteiger partial charge in [-0.2, -0.15) is 4.98 Å². The van der Waals surface area contributed by atoms with E-state index in [1.807, 2.05) is 19.9 Å². The molecule has 1 aliphatic carbocycles. The molecule has 106 valence electrons. The molecule has 2 rings (SSSR count). The lowest BCUT2D eigenvalue weighted by Gasteiger charge is -2.30. The van der Waals surface area contributed by atoms with Crippen LogP contribution < -0.4 is 15.2 Å². The average Bonchev–Trinajstić information content (AvgIpc) is 2.39. The molecule has 2 N–H and O–H groups in total. The second-order valence-electron chi connectivity index (χ2n) is 5.00. The largest absolute Gasteiger partial charge is 0.478 e. The third-order valence-corrected chi connectivity index (χ3v) is 3.50. The molecule has 0 radical (unpaired) electrons. The van der Waals surface area contributed by atoms with Crippen LogP contribution >= 0.6 is 0 Å². The van der Waals surface area contributed by atoms with Gasteiger partial charge in [0.05, 0.1) is 6.61 Å². The Balaban J connectivity index is 2.08. The minimum atomic E-state index is 0.134. The molecule has 0 spiro atoms. The van der Waals surface area contributed by atoms with Crippen LogP contribution in [-0.4, -0.2) is 29.2 Å². The second kappa shape index (κ2) is 6.70. The van der Waals surface area contributed by atoms with Crippen molar-refractivity contribution in [2.24, 2.45) is 11.7 Å². The van der Waals surface area contributed by atoms with Crippen LogP contribution in [0.1, 0.15) is 38.3 Å². The summed E-state index contributed by atoms with van der Waals surface area (Å²) in [5.74, 6) is 0.985. The third-order valence-electron chi connectivity index (χ3n) is 3.50. The van der Waals surface area contributed by atoms with E-state index in [9.17, 15) is 0 Å². The van der Waals surface area contributed by atoms with E-state index in [0.29, 0.717) is 31.0 Å². The van der Waals surface area contributed by atoms with Gasteiger partial charge in [0.15, 0.2) is 0 Å². The van der Waals surface area contributed by atoms with Gasteiger partial charge in [-0.25, -0.2) is 4.98 Å². The van der Waals surface area contributed by atoms with Crippen molar-refractivity contribution in [3.8, 4) is 11.9 Å². The van der Waals surface area contributed by atoms with Gasteiger partial charge in [-0.05, 0) is 39.7 Å². The maximum absolute atomic E-state index is 5.94. The van der Waals surface area contributed by atoms with Crippen molar-refractivity contribution in [3.63, 3.8) is 0 Å². The van der Waals surface area contributed by atoms with Gasteiger partial charge in [0.25, 0.3) is 0 Å². The topological polar surface area (TPSA) is 70.3 Å². The van der Waals surface area contributed by atoms with Gasteiger partial charge < -0.3 is 15.2 Å². The van der Waals surface area contributed by atoms with Gasteiger partial charge in [0, 0.05) is 17.7 Å². The number of aryl methyl sites for hydroxylation is 1. The first-order valence-electron chi connectivity index (χ1n) is 7.08. The Labute approximate surface area is 114 Å². The zero-order chi connectivity index (χ0) is 13.7. The lowest BCUT2D eigenvalue weighted by molar-refractivity contribution is 0.0860. The Hall–Kier alpha value is -1.36. The summed E-state index contributed by atoms with van der Waals surface area (Å²) in [6.07, 6.45) is 4.72. The Kier molecular flexibility index (Phi) is 4.96. The normalized spacial score (nSPS) is 23.1. The number of ether oxygens (including phenoxy) is 2. The smallest absolute Gasteiger partial charge is 0.320 e. The van der Waals surface area contributed by atoms with E-state index in [2.05, 4.69) is 9.97 Å². The van der Waals surface area contributed by atoms with E-state index < -0.39 is 0 Å². The highest BCUT2D eigenvalue weighted by atomic mass is 16.5. The number of rotatable bonds is 5. The molecule has 1 heterocycles. The molecule has 0 aliphatic heterocycles. The standard InChI is InChI=1S/C14H23N3O2/c1-3-18-13-8-10(2)16-14(17-13)19-12-7-5-4-6-11(12)9-15/h8,11-12H,3-7,9,15H2,1-2H3. The summed E-state index contributed by atoms with van der Waals surface area (Å²) in [6, 6.07) is 2.23. The first-order valence-corrected chi connectivity index (χ1v) is 7.08. The molecule has 1 aromatic rings. The Morgan fingerprint density at radius 2 is 2.11 bits per heavy atom. The van der Waals surface area contributed by atoms with Crippen molar-refractivity contribution in [3.05, 3.63) is 11.8 Å². The van der Waals surface area contributed by atoms with Crippen LogP contribution in [-0.2, 0) is 0 Å². The van der Waals surface area contributed by atoms with Crippen LogP contribution in [0.5, 0.6) is 11.9 Å². The van der Waals surface area contributed by atoms with Crippen molar-refractivity contribution in [1.82, 2.24) is 9.97 Å². The van der Waals surface area contributed by atoms with Gasteiger partial charge in [-0.1, -0.05) is 6.42 Å². The molecular weight excluding hydrogens is 242 g/mol. The molecule has 1 aromatic heterocycles. The van der Waals surface area contributed by atoms with Crippen LogP contribution in [0, 0.1) is 12.8 Å². The summed E-state index contributed by atoms with van der Waals surface area (Å²) in [5.41, 5.74) is 6.66. The van der Waals surface area contributed by atoms with Gasteiger partial charge in [-0.15, -0.1) is 0 Å². The van der Waals surface area contributed by atoms with Crippen molar-refractivity contribution < 1.29 is 9.47 Å². The number of nitrogens with two attached hydrogens (primary N) is 1. The highest BCUT2D eigenvalue weighted by molar-refractivity contribution is 5.17. The number of aromatic nitrogens is 2. The zero-order valence-corrected chi connectivity index (χ0v) is 11.8. The lowest BCUT2D eigenvalue weighted by Crippen LogP contribution is -2.35. The Morgan fingerprint density at radius 1 is 1.32 bits per heavy atom. The molecule has 0 bridgehead atoms. The molecule has 0 saturated heterocycles. The first-order chi connectivity index (χ1) is 9.22. The highest BCUT2D eigenvalue weighted by Crippen LogP contribution is 2.27. The fourth-order valence-electron chi connectivity index (χ4n) is 2.52. The fraction of sp³-hybridized carbons (Fsp3) is 0.714. The minimum Gasteiger partial charge on any atom is -0.478 e. The molecule has 5 nitrogen and oxygen atoms in total. The molecule has 1 aliphatic rings. The molecule has 1 fully saturated rings. The van der Waals surface area contributed by atoms with E-state index in [1.165, 1.54) is 12.8 Å². The van der Waals surface area contributed by atoms with Crippen molar-refractivity contribution >= 4 is 0 Å². The zero-order valence-electron chi connectivity index (χ0n) is 11.8. The summed E-state index contributed by atoms with van der Waals surface area (Å²) in [5, 5.41) is 0. The molecule has 0 amide bonds. The average molecular weight is 265 g/mol. The van der Waals surface area contributed by atoms with Gasteiger partial charge in [0.2, 0.25) is 5.88 Å². The maximum Gasteiger partial charge on any atom is 0.320 e. The second-order valence-corrected chi connectivity index (χ2v) is 5.00. The van der Waals surface area contributed by atoms with Crippen LogP contribution in [0.4, 0.5) is 0 Å². The van der Waals surface area contributed by atoms with E-state index >= 15 is 0 Å². The molecule has 2 unspecified atom stereocenters. The van der Waals surface area contributed by atoms with Crippen LogP contribution in [0.2, 0.25) is 0 Å². The minimum absolute atomic E-state index is 0.134. The first kappa shape index (κ1) is 14.1. The van der Waals surface area contributed by atoms with Gasteiger partial charge in [0.1, 0.15) is 6.10 Å². The number of hydrogen-bond acceptors (Lipinski definition) is 5.